The van der Waals surface area contributed by atoms with E-state index in [4.69, 9.17) is 9.97 Å². The zero-order chi connectivity index (χ0) is 15.5. The van der Waals surface area contributed by atoms with E-state index in [9.17, 15) is 0 Å². The molecule has 0 spiro atoms. The smallest absolute Gasteiger partial charge is 0.161 e. The number of aromatic nitrogens is 2. The van der Waals surface area contributed by atoms with Gasteiger partial charge in [0, 0.05) is 15.8 Å². The van der Waals surface area contributed by atoms with Crippen LogP contribution in [0.2, 0.25) is 0 Å². The number of rotatable bonds is 3. The highest BCUT2D eigenvalue weighted by Gasteiger charge is 2.10. The first kappa shape index (κ1) is 14.0. The van der Waals surface area contributed by atoms with Crippen LogP contribution in [0.15, 0.2) is 94.9 Å². The molecule has 0 N–H and O–H groups in total. The minimum atomic E-state index is 0.766. The fraction of sp³-hybridized carbons (Fsp3) is 0. The Hall–Kier alpha value is -2.65. The van der Waals surface area contributed by atoms with Gasteiger partial charge in [0.2, 0.25) is 0 Å². The lowest BCUT2D eigenvalue weighted by molar-refractivity contribution is 1.11. The van der Waals surface area contributed by atoms with Crippen LogP contribution in [0, 0.1) is 0 Å². The summed E-state index contributed by atoms with van der Waals surface area (Å²) in [5, 5.41) is 2.07. The van der Waals surface area contributed by atoms with Gasteiger partial charge in [-0.1, -0.05) is 78.5 Å². The minimum Gasteiger partial charge on any atom is -0.228 e. The molecule has 0 atom stereocenters. The highest BCUT2D eigenvalue weighted by Crippen LogP contribution is 2.32. The van der Waals surface area contributed by atoms with Crippen LogP contribution in [0.3, 0.4) is 0 Å². The summed E-state index contributed by atoms with van der Waals surface area (Å²) in [4.78, 5) is 10.7. The van der Waals surface area contributed by atoms with Gasteiger partial charge in [-0.2, -0.15) is 0 Å². The van der Waals surface area contributed by atoms with Crippen molar-refractivity contribution in [3.8, 4) is 11.4 Å². The molecule has 0 fully saturated rings. The molecule has 0 aliphatic carbocycles. The molecular formula is C20H14N2S. The normalized spacial score (nSPS) is 10.8. The molecule has 2 nitrogen and oxygen atoms in total. The first-order chi connectivity index (χ1) is 11.4. The predicted octanol–water partition coefficient (Wildman–Crippen LogP) is 5.45. The molecule has 0 unspecified atom stereocenters. The fourth-order valence-electron chi connectivity index (χ4n) is 2.44. The fourth-order valence-corrected chi connectivity index (χ4v) is 3.37. The van der Waals surface area contributed by atoms with Crippen LogP contribution in [0.25, 0.3) is 22.3 Å². The SMILES string of the molecule is c1ccc(Sc2nc(-c3ccccc3)nc3ccccc23)cc1. The molecule has 0 radical (unpaired) electrons. The molecule has 1 aromatic heterocycles. The number of benzene rings is 3. The molecule has 0 aliphatic heterocycles. The maximum atomic E-state index is 4.82. The van der Waals surface area contributed by atoms with Crippen LogP contribution in [0.5, 0.6) is 0 Å². The van der Waals surface area contributed by atoms with E-state index in [0.717, 1.165) is 27.3 Å². The van der Waals surface area contributed by atoms with Crippen molar-refractivity contribution < 1.29 is 0 Å². The van der Waals surface area contributed by atoms with Gasteiger partial charge >= 0.3 is 0 Å². The number of para-hydroxylation sites is 1. The van der Waals surface area contributed by atoms with Crippen molar-refractivity contribution in [3.05, 3.63) is 84.9 Å². The van der Waals surface area contributed by atoms with Crippen molar-refractivity contribution >= 4 is 22.7 Å². The Morgan fingerprint density at radius 1 is 0.609 bits per heavy atom. The van der Waals surface area contributed by atoms with Gasteiger partial charge in [-0.05, 0) is 18.2 Å². The second kappa shape index (κ2) is 6.23. The molecule has 23 heavy (non-hydrogen) atoms. The Balaban J connectivity index is 1.87. The summed E-state index contributed by atoms with van der Waals surface area (Å²) in [6, 6.07) is 28.6. The quantitative estimate of drug-likeness (QED) is 0.470. The lowest BCUT2D eigenvalue weighted by Crippen LogP contribution is -1.93. The van der Waals surface area contributed by atoms with E-state index in [1.54, 1.807) is 11.8 Å². The maximum Gasteiger partial charge on any atom is 0.161 e. The zero-order valence-electron chi connectivity index (χ0n) is 12.4. The van der Waals surface area contributed by atoms with Gasteiger partial charge in [0.05, 0.1) is 5.52 Å². The van der Waals surface area contributed by atoms with Crippen molar-refractivity contribution in [1.29, 1.82) is 0 Å². The van der Waals surface area contributed by atoms with Crippen molar-refractivity contribution in [2.75, 3.05) is 0 Å². The number of hydrogen-bond acceptors (Lipinski definition) is 3. The molecule has 0 saturated heterocycles. The molecule has 110 valence electrons. The third kappa shape index (κ3) is 2.96. The first-order valence-corrected chi connectivity index (χ1v) is 8.27. The predicted molar refractivity (Wildman–Crippen MR) is 95.5 cm³/mol. The van der Waals surface area contributed by atoms with E-state index in [1.165, 1.54) is 4.90 Å². The van der Waals surface area contributed by atoms with E-state index in [1.807, 2.05) is 66.7 Å². The third-order valence-electron chi connectivity index (χ3n) is 3.56. The molecule has 1 heterocycles. The molecule has 3 heteroatoms. The molecule has 0 saturated carbocycles. The van der Waals surface area contributed by atoms with Gasteiger partial charge in [-0.25, -0.2) is 9.97 Å². The van der Waals surface area contributed by atoms with Crippen molar-refractivity contribution in [3.63, 3.8) is 0 Å². The molecule has 0 bridgehead atoms. The molecule has 4 rings (SSSR count). The number of nitrogens with zero attached hydrogens (tertiary/aromatic N) is 2. The summed E-state index contributed by atoms with van der Waals surface area (Å²) in [7, 11) is 0. The van der Waals surface area contributed by atoms with Gasteiger partial charge in [0.1, 0.15) is 5.03 Å². The van der Waals surface area contributed by atoms with E-state index >= 15 is 0 Å². The number of hydrogen-bond donors (Lipinski definition) is 0. The summed E-state index contributed by atoms with van der Waals surface area (Å²) in [6.45, 7) is 0. The van der Waals surface area contributed by atoms with Gasteiger partial charge < -0.3 is 0 Å². The van der Waals surface area contributed by atoms with Crippen LogP contribution in [0.1, 0.15) is 0 Å². The Bertz CT molecular complexity index is 937. The van der Waals surface area contributed by atoms with Gasteiger partial charge in [0.25, 0.3) is 0 Å². The van der Waals surface area contributed by atoms with Crippen LogP contribution in [-0.2, 0) is 0 Å². The summed E-state index contributed by atoms with van der Waals surface area (Å²) in [5.41, 5.74) is 2.01. The van der Waals surface area contributed by atoms with E-state index in [0.29, 0.717) is 0 Å². The van der Waals surface area contributed by atoms with Crippen LogP contribution < -0.4 is 0 Å². The third-order valence-corrected chi connectivity index (χ3v) is 4.57. The van der Waals surface area contributed by atoms with Crippen molar-refractivity contribution in [1.82, 2.24) is 9.97 Å². The summed E-state index contributed by atoms with van der Waals surface area (Å²) in [5.74, 6) is 0.766. The van der Waals surface area contributed by atoms with E-state index in [-0.39, 0.29) is 0 Å². The monoisotopic (exact) mass is 314 g/mol. The molecule has 0 amide bonds. The Kier molecular flexibility index (Phi) is 3.78. The van der Waals surface area contributed by atoms with Crippen LogP contribution >= 0.6 is 11.8 Å². The maximum absolute atomic E-state index is 4.82. The standard InChI is InChI=1S/C20H14N2S/c1-3-9-15(10-4-1)19-21-18-14-8-7-13-17(18)20(22-19)23-16-11-5-2-6-12-16/h1-14H. The topological polar surface area (TPSA) is 25.8 Å². The Morgan fingerprint density at radius 2 is 1.26 bits per heavy atom. The van der Waals surface area contributed by atoms with Gasteiger partial charge in [-0.3, -0.25) is 0 Å². The molecule has 0 aliphatic rings. The Labute approximate surface area is 139 Å². The van der Waals surface area contributed by atoms with E-state index in [2.05, 4.69) is 18.2 Å². The van der Waals surface area contributed by atoms with Crippen molar-refractivity contribution in [2.24, 2.45) is 0 Å². The largest absolute Gasteiger partial charge is 0.228 e. The molecular weight excluding hydrogens is 300 g/mol. The summed E-state index contributed by atoms with van der Waals surface area (Å²) in [6.07, 6.45) is 0. The second-order valence-electron chi connectivity index (χ2n) is 5.15. The van der Waals surface area contributed by atoms with Gasteiger partial charge in [-0.15, -0.1) is 0 Å². The number of fused-ring (bicyclic) bond motifs is 1. The molecule has 4 aromatic rings. The van der Waals surface area contributed by atoms with Crippen LogP contribution in [-0.4, -0.2) is 9.97 Å². The highest BCUT2D eigenvalue weighted by molar-refractivity contribution is 7.99. The summed E-state index contributed by atoms with van der Waals surface area (Å²) < 4.78 is 0. The average Bonchev–Trinajstić information content (AvgIpc) is 2.63. The minimum absolute atomic E-state index is 0.766. The second-order valence-corrected chi connectivity index (χ2v) is 6.21. The van der Waals surface area contributed by atoms with Crippen molar-refractivity contribution in [2.45, 2.75) is 9.92 Å². The molecule has 3 aromatic carbocycles. The van der Waals surface area contributed by atoms with E-state index < -0.39 is 0 Å². The Morgan fingerprint density at radius 3 is 2.04 bits per heavy atom. The van der Waals surface area contributed by atoms with Gasteiger partial charge in [0.15, 0.2) is 5.82 Å². The summed E-state index contributed by atoms with van der Waals surface area (Å²) >= 11 is 1.67. The lowest BCUT2D eigenvalue weighted by atomic mass is 10.2. The van der Waals surface area contributed by atoms with Crippen LogP contribution in [0.4, 0.5) is 0 Å². The lowest BCUT2D eigenvalue weighted by Gasteiger charge is -2.08. The highest BCUT2D eigenvalue weighted by atomic mass is 32.2. The first-order valence-electron chi connectivity index (χ1n) is 7.45. The average molecular weight is 314 g/mol. The zero-order valence-corrected chi connectivity index (χ0v) is 13.2.